The first-order chi connectivity index (χ1) is 12.6. The number of amides is 1. The van der Waals surface area contributed by atoms with E-state index in [0.29, 0.717) is 28.0 Å². The molecule has 6 heteroatoms. The lowest BCUT2D eigenvalue weighted by molar-refractivity contribution is -0.118. The Kier molecular flexibility index (Phi) is 5.49. The molecule has 0 spiro atoms. The van der Waals surface area contributed by atoms with Gasteiger partial charge in [0, 0.05) is 17.5 Å². The summed E-state index contributed by atoms with van der Waals surface area (Å²) in [6.45, 7) is -0.137. The molecule has 0 saturated heterocycles. The largest absolute Gasteiger partial charge is 0.495 e. The molecule has 3 rings (SSSR count). The number of carbonyl (C=O) groups is 1. The van der Waals surface area contributed by atoms with Gasteiger partial charge in [0.1, 0.15) is 17.2 Å². The maximum absolute atomic E-state index is 12.3. The fourth-order valence-corrected chi connectivity index (χ4v) is 2.84. The van der Waals surface area contributed by atoms with E-state index >= 15 is 0 Å². The Balaban J connectivity index is 1.73. The van der Waals surface area contributed by atoms with Crippen molar-refractivity contribution in [2.24, 2.45) is 0 Å². The molecule has 134 valence electrons. The van der Waals surface area contributed by atoms with Crippen molar-refractivity contribution in [3.05, 3.63) is 59.6 Å². The van der Waals surface area contributed by atoms with Crippen LogP contribution in [0.25, 0.3) is 10.8 Å². The molecule has 0 saturated carbocycles. The van der Waals surface area contributed by atoms with Gasteiger partial charge in [0.05, 0.1) is 24.9 Å². The molecule has 0 aliphatic rings. The van der Waals surface area contributed by atoms with Gasteiger partial charge in [0.15, 0.2) is 6.61 Å². The molecule has 0 radical (unpaired) electrons. The number of anilines is 1. The first-order valence-electron chi connectivity index (χ1n) is 7.94. The highest BCUT2D eigenvalue weighted by Crippen LogP contribution is 2.35. The molecule has 5 nitrogen and oxygen atoms in total. The molecule has 0 bridgehead atoms. The Morgan fingerprint density at radius 3 is 2.46 bits per heavy atom. The van der Waals surface area contributed by atoms with Gasteiger partial charge in [-0.05, 0) is 11.5 Å². The molecule has 0 aliphatic heterocycles. The number of ether oxygens (including phenoxy) is 3. The normalized spacial score (nSPS) is 10.4. The van der Waals surface area contributed by atoms with Gasteiger partial charge >= 0.3 is 0 Å². The summed E-state index contributed by atoms with van der Waals surface area (Å²) in [6.07, 6.45) is 0. The van der Waals surface area contributed by atoms with E-state index in [0.717, 1.165) is 10.8 Å². The van der Waals surface area contributed by atoms with Crippen molar-refractivity contribution in [3.8, 4) is 17.2 Å². The number of rotatable bonds is 6. The Hall–Kier alpha value is -2.92. The van der Waals surface area contributed by atoms with E-state index in [1.165, 1.54) is 14.2 Å². The molecule has 0 aliphatic carbocycles. The first-order valence-corrected chi connectivity index (χ1v) is 8.32. The van der Waals surface area contributed by atoms with Crippen molar-refractivity contribution in [1.82, 2.24) is 0 Å². The molecular weight excluding hydrogens is 354 g/mol. The fourth-order valence-electron chi connectivity index (χ4n) is 2.61. The zero-order valence-corrected chi connectivity index (χ0v) is 15.2. The van der Waals surface area contributed by atoms with Crippen LogP contribution in [0.5, 0.6) is 17.2 Å². The number of halogens is 1. The van der Waals surface area contributed by atoms with Crippen molar-refractivity contribution in [2.45, 2.75) is 0 Å². The zero-order chi connectivity index (χ0) is 18.5. The molecule has 3 aromatic carbocycles. The highest BCUT2D eigenvalue weighted by atomic mass is 35.5. The van der Waals surface area contributed by atoms with Crippen LogP contribution in [0.2, 0.25) is 5.02 Å². The molecular formula is C20H18ClNO4. The van der Waals surface area contributed by atoms with Gasteiger partial charge in [0.25, 0.3) is 5.91 Å². The Labute approximate surface area is 156 Å². The van der Waals surface area contributed by atoms with E-state index < -0.39 is 0 Å². The Morgan fingerprint density at radius 2 is 1.69 bits per heavy atom. The smallest absolute Gasteiger partial charge is 0.262 e. The van der Waals surface area contributed by atoms with E-state index in [1.54, 1.807) is 12.1 Å². The lowest BCUT2D eigenvalue weighted by Crippen LogP contribution is -2.20. The van der Waals surface area contributed by atoms with Crippen molar-refractivity contribution in [3.63, 3.8) is 0 Å². The van der Waals surface area contributed by atoms with E-state index in [1.807, 2.05) is 42.5 Å². The van der Waals surface area contributed by atoms with Gasteiger partial charge < -0.3 is 19.5 Å². The van der Waals surface area contributed by atoms with Crippen molar-refractivity contribution in [2.75, 3.05) is 26.1 Å². The number of nitrogens with one attached hydrogen (secondary N) is 1. The van der Waals surface area contributed by atoms with Gasteiger partial charge in [-0.1, -0.05) is 48.0 Å². The van der Waals surface area contributed by atoms with Crippen LogP contribution in [-0.4, -0.2) is 26.7 Å². The maximum atomic E-state index is 12.3. The second kappa shape index (κ2) is 7.97. The predicted molar refractivity (Wildman–Crippen MR) is 103 cm³/mol. The van der Waals surface area contributed by atoms with E-state index in [-0.39, 0.29) is 12.5 Å². The molecule has 0 fully saturated rings. The molecule has 3 aromatic rings. The van der Waals surface area contributed by atoms with Gasteiger partial charge in [-0.15, -0.1) is 0 Å². The van der Waals surface area contributed by atoms with Crippen LogP contribution in [0, 0.1) is 0 Å². The van der Waals surface area contributed by atoms with E-state index in [2.05, 4.69) is 5.32 Å². The molecule has 1 N–H and O–H groups in total. The number of carbonyl (C=O) groups excluding carboxylic acids is 1. The minimum absolute atomic E-state index is 0.137. The second-order valence-corrected chi connectivity index (χ2v) is 5.91. The predicted octanol–water partition coefficient (Wildman–Crippen LogP) is 4.53. The lowest BCUT2D eigenvalue weighted by Gasteiger charge is -2.14. The summed E-state index contributed by atoms with van der Waals surface area (Å²) < 4.78 is 16.1. The molecule has 1 amide bonds. The van der Waals surface area contributed by atoms with Gasteiger partial charge in [-0.25, -0.2) is 0 Å². The van der Waals surface area contributed by atoms with Crippen LogP contribution >= 0.6 is 11.6 Å². The summed E-state index contributed by atoms with van der Waals surface area (Å²) in [7, 11) is 3.00. The SMILES string of the molecule is COc1cc(NC(=O)COc2cccc3ccccc23)c(OC)cc1Cl. The van der Waals surface area contributed by atoms with Crippen molar-refractivity contribution in [1.29, 1.82) is 0 Å². The van der Waals surface area contributed by atoms with Crippen LogP contribution in [-0.2, 0) is 4.79 Å². The van der Waals surface area contributed by atoms with Crippen LogP contribution in [0.4, 0.5) is 5.69 Å². The third kappa shape index (κ3) is 3.83. The molecule has 0 heterocycles. The average Bonchev–Trinajstić information content (AvgIpc) is 2.67. The molecule has 26 heavy (non-hydrogen) atoms. The average molecular weight is 372 g/mol. The third-order valence-electron chi connectivity index (χ3n) is 3.86. The lowest BCUT2D eigenvalue weighted by atomic mass is 10.1. The number of hydrogen-bond donors (Lipinski definition) is 1. The maximum Gasteiger partial charge on any atom is 0.262 e. The third-order valence-corrected chi connectivity index (χ3v) is 4.15. The summed E-state index contributed by atoms with van der Waals surface area (Å²) in [5.41, 5.74) is 0.459. The minimum Gasteiger partial charge on any atom is -0.495 e. The fraction of sp³-hybridized carbons (Fsp3) is 0.150. The van der Waals surface area contributed by atoms with Gasteiger partial charge in [-0.2, -0.15) is 0 Å². The standard InChI is InChI=1S/C20H18ClNO4/c1-24-18-11-16(19(25-2)10-15(18)21)22-20(23)12-26-17-9-5-7-13-6-3-4-8-14(13)17/h3-11H,12H2,1-2H3,(H,22,23). The first kappa shape index (κ1) is 17.9. The quantitative estimate of drug-likeness (QED) is 0.691. The molecule has 0 unspecified atom stereocenters. The summed E-state index contributed by atoms with van der Waals surface area (Å²) >= 11 is 6.07. The Morgan fingerprint density at radius 1 is 0.962 bits per heavy atom. The molecule has 0 atom stereocenters. The second-order valence-electron chi connectivity index (χ2n) is 5.50. The van der Waals surface area contributed by atoms with E-state index in [9.17, 15) is 4.79 Å². The van der Waals surface area contributed by atoms with Gasteiger partial charge in [0.2, 0.25) is 0 Å². The van der Waals surface area contributed by atoms with Crippen LogP contribution in [0.3, 0.4) is 0 Å². The van der Waals surface area contributed by atoms with Gasteiger partial charge in [-0.3, -0.25) is 4.79 Å². The summed E-state index contributed by atoms with van der Waals surface area (Å²) in [4.78, 5) is 12.3. The van der Waals surface area contributed by atoms with Crippen molar-refractivity contribution < 1.29 is 19.0 Å². The number of methoxy groups -OCH3 is 2. The highest BCUT2D eigenvalue weighted by Gasteiger charge is 2.13. The Bertz CT molecular complexity index is 937. The van der Waals surface area contributed by atoms with Crippen molar-refractivity contribution >= 4 is 34.0 Å². The highest BCUT2D eigenvalue weighted by molar-refractivity contribution is 6.32. The molecule has 0 aromatic heterocycles. The number of benzene rings is 3. The zero-order valence-electron chi connectivity index (χ0n) is 14.4. The monoisotopic (exact) mass is 371 g/mol. The summed E-state index contributed by atoms with van der Waals surface area (Å²) in [5, 5.41) is 5.15. The summed E-state index contributed by atoms with van der Waals surface area (Å²) in [5.74, 6) is 1.21. The number of hydrogen-bond acceptors (Lipinski definition) is 4. The van der Waals surface area contributed by atoms with Crippen LogP contribution in [0.1, 0.15) is 0 Å². The topological polar surface area (TPSA) is 56.8 Å². The van der Waals surface area contributed by atoms with E-state index in [4.69, 9.17) is 25.8 Å². The minimum atomic E-state index is -0.319. The van der Waals surface area contributed by atoms with Crippen LogP contribution < -0.4 is 19.5 Å². The number of fused-ring (bicyclic) bond motifs is 1. The summed E-state index contributed by atoms with van der Waals surface area (Å²) in [6, 6.07) is 16.7. The van der Waals surface area contributed by atoms with Crippen LogP contribution in [0.15, 0.2) is 54.6 Å².